The van der Waals surface area contributed by atoms with Crippen LogP contribution in [0.1, 0.15) is 6.42 Å². The monoisotopic (exact) mass is 244 g/mol. The van der Waals surface area contributed by atoms with E-state index in [0.29, 0.717) is 12.4 Å². The zero-order valence-corrected chi connectivity index (χ0v) is 10.3. The molecule has 18 heavy (non-hydrogen) atoms. The van der Waals surface area contributed by atoms with Crippen molar-refractivity contribution in [3.8, 4) is 11.1 Å². The van der Waals surface area contributed by atoms with E-state index in [1.54, 1.807) is 24.8 Å². The van der Waals surface area contributed by atoms with Gasteiger partial charge in [-0.25, -0.2) is 9.97 Å². The van der Waals surface area contributed by atoms with Crippen molar-refractivity contribution in [3.63, 3.8) is 0 Å². The molecule has 1 N–H and O–H groups in total. The minimum atomic E-state index is 0.180. The van der Waals surface area contributed by atoms with Crippen LogP contribution >= 0.6 is 0 Å². The highest BCUT2D eigenvalue weighted by atomic mass is 16.3. The Bertz CT molecular complexity index is 472. The molecule has 2 aromatic rings. The lowest BCUT2D eigenvalue weighted by Gasteiger charge is -2.16. The molecule has 0 aliphatic rings. The second-order valence-electron chi connectivity index (χ2n) is 4.01. The number of anilines is 1. The molecule has 0 aliphatic carbocycles. The normalized spacial score (nSPS) is 10.3. The maximum atomic E-state index is 8.78. The van der Waals surface area contributed by atoms with Crippen LogP contribution in [0.15, 0.2) is 36.9 Å². The van der Waals surface area contributed by atoms with Crippen molar-refractivity contribution in [1.29, 1.82) is 0 Å². The molecule has 0 fully saturated rings. The second-order valence-corrected chi connectivity index (χ2v) is 4.01. The average Bonchev–Trinajstić information content (AvgIpc) is 2.46. The Morgan fingerprint density at radius 3 is 2.39 bits per heavy atom. The van der Waals surface area contributed by atoms with E-state index < -0.39 is 0 Å². The summed E-state index contributed by atoms with van der Waals surface area (Å²) in [5.41, 5.74) is 2.02. The summed E-state index contributed by atoms with van der Waals surface area (Å²) in [5, 5.41) is 8.78. The molecule has 2 rings (SSSR count). The first-order chi connectivity index (χ1) is 8.81. The van der Waals surface area contributed by atoms with Gasteiger partial charge in [0.15, 0.2) is 0 Å². The standard InChI is InChI=1S/C13H16N4O/c1-17(7-2-8-18)13-15-9-12(10-16-13)11-3-5-14-6-4-11/h3-6,9-10,18H,2,7-8H2,1H3. The number of pyridine rings is 1. The van der Waals surface area contributed by atoms with Crippen molar-refractivity contribution >= 4 is 5.95 Å². The van der Waals surface area contributed by atoms with Crippen LogP contribution in [-0.4, -0.2) is 40.3 Å². The van der Waals surface area contributed by atoms with Gasteiger partial charge in [0.05, 0.1) is 0 Å². The summed E-state index contributed by atoms with van der Waals surface area (Å²) in [6.45, 7) is 0.921. The van der Waals surface area contributed by atoms with Gasteiger partial charge < -0.3 is 10.0 Å². The van der Waals surface area contributed by atoms with Crippen LogP contribution in [0.4, 0.5) is 5.95 Å². The van der Waals surface area contributed by atoms with Gasteiger partial charge in [-0.05, 0) is 24.1 Å². The molecule has 5 heteroatoms. The third-order valence-electron chi connectivity index (χ3n) is 2.64. The zero-order chi connectivity index (χ0) is 12.8. The summed E-state index contributed by atoms with van der Waals surface area (Å²) in [5.74, 6) is 0.668. The van der Waals surface area contributed by atoms with Crippen molar-refractivity contribution in [1.82, 2.24) is 15.0 Å². The molecule has 0 aliphatic heterocycles. The highest BCUT2D eigenvalue weighted by molar-refractivity contribution is 5.61. The lowest BCUT2D eigenvalue weighted by atomic mass is 10.1. The Morgan fingerprint density at radius 1 is 1.11 bits per heavy atom. The molecule has 0 amide bonds. The quantitative estimate of drug-likeness (QED) is 0.860. The van der Waals surface area contributed by atoms with Crippen molar-refractivity contribution < 1.29 is 5.11 Å². The SMILES string of the molecule is CN(CCCO)c1ncc(-c2ccncc2)cn1. The summed E-state index contributed by atoms with van der Waals surface area (Å²) in [6.07, 6.45) is 7.80. The fourth-order valence-electron chi connectivity index (χ4n) is 1.62. The second kappa shape index (κ2) is 6.07. The van der Waals surface area contributed by atoms with E-state index in [4.69, 9.17) is 5.11 Å². The largest absolute Gasteiger partial charge is 0.396 e. The Kier molecular flexibility index (Phi) is 4.20. The first-order valence-electron chi connectivity index (χ1n) is 5.85. The van der Waals surface area contributed by atoms with Gasteiger partial charge in [-0.15, -0.1) is 0 Å². The number of rotatable bonds is 5. The van der Waals surface area contributed by atoms with E-state index in [0.717, 1.165) is 17.7 Å². The van der Waals surface area contributed by atoms with Gasteiger partial charge in [0.1, 0.15) is 0 Å². The van der Waals surface area contributed by atoms with E-state index in [1.165, 1.54) is 0 Å². The highest BCUT2D eigenvalue weighted by Crippen LogP contribution is 2.17. The molecule has 0 bridgehead atoms. The summed E-state index contributed by atoms with van der Waals surface area (Å²) >= 11 is 0. The Morgan fingerprint density at radius 2 is 1.78 bits per heavy atom. The molecule has 0 spiro atoms. The molecule has 2 heterocycles. The van der Waals surface area contributed by atoms with Crippen molar-refractivity contribution in [2.24, 2.45) is 0 Å². The van der Waals surface area contributed by atoms with Crippen LogP contribution in [0.3, 0.4) is 0 Å². The molecule has 0 aromatic carbocycles. The van der Waals surface area contributed by atoms with Crippen LogP contribution in [0.5, 0.6) is 0 Å². The molecule has 0 atom stereocenters. The number of hydrogen-bond donors (Lipinski definition) is 1. The van der Waals surface area contributed by atoms with Gasteiger partial charge in [0.2, 0.25) is 5.95 Å². The van der Waals surface area contributed by atoms with Crippen LogP contribution in [-0.2, 0) is 0 Å². The Balaban J connectivity index is 2.10. The number of aromatic nitrogens is 3. The summed E-state index contributed by atoms with van der Waals surface area (Å²) < 4.78 is 0. The minimum absolute atomic E-state index is 0.180. The smallest absolute Gasteiger partial charge is 0.225 e. The Labute approximate surface area is 106 Å². The van der Waals surface area contributed by atoms with Gasteiger partial charge in [-0.2, -0.15) is 0 Å². The van der Waals surface area contributed by atoms with Crippen molar-refractivity contribution in [2.45, 2.75) is 6.42 Å². The maximum Gasteiger partial charge on any atom is 0.225 e. The molecular weight excluding hydrogens is 228 g/mol. The third-order valence-corrected chi connectivity index (χ3v) is 2.64. The highest BCUT2D eigenvalue weighted by Gasteiger charge is 2.04. The molecule has 0 radical (unpaired) electrons. The number of aliphatic hydroxyl groups is 1. The number of nitrogens with zero attached hydrogens (tertiary/aromatic N) is 4. The minimum Gasteiger partial charge on any atom is -0.396 e. The first kappa shape index (κ1) is 12.4. The van der Waals surface area contributed by atoms with Crippen LogP contribution < -0.4 is 4.90 Å². The van der Waals surface area contributed by atoms with Crippen LogP contribution in [0, 0.1) is 0 Å². The van der Waals surface area contributed by atoms with Gasteiger partial charge in [0.25, 0.3) is 0 Å². The predicted molar refractivity (Wildman–Crippen MR) is 70.2 cm³/mol. The van der Waals surface area contributed by atoms with Gasteiger partial charge >= 0.3 is 0 Å². The van der Waals surface area contributed by atoms with E-state index in [2.05, 4.69) is 15.0 Å². The Hall–Kier alpha value is -2.01. The fraction of sp³-hybridized carbons (Fsp3) is 0.308. The number of aliphatic hydroxyl groups excluding tert-OH is 1. The predicted octanol–water partition coefficient (Wildman–Crippen LogP) is 1.36. The van der Waals surface area contributed by atoms with Crippen molar-refractivity contribution in [3.05, 3.63) is 36.9 Å². The molecule has 0 unspecified atom stereocenters. The van der Waals surface area contributed by atoms with Crippen LogP contribution in [0.2, 0.25) is 0 Å². The van der Waals surface area contributed by atoms with Crippen LogP contribution in [0.25, 0.3) is 11.1 Å². The van der Waals surface area contributed by atoms with E-state index in [1.807, 2.05) is 24.1 Å². The molecular formula is C13H16N4O. The van der Waals surface area contributed by atoms with Gasteiger partial charge in [-0.1, -0.05) is 0 Å². The fourth-order valence-corrected chi connectivity index (χ4v) is 1.62. The average molecular weight is 244 g/mol. The van der Waals surface area contributed by atoms with E-state index in [-0.39, 0.29) is 6.61 Å². The van der Waals surface area contributed by atoms with Crippen molar-refractivity contribution in [2.75, 3.05) is 25.1 Å². The molecule has 0 saturated carbocycles. The zero-order valence-electron chi connectivity index (χ0n) is 10.3. The molecule has 0 saturated heterocycles. The molecule has 5 nitrogen and oxygen atoms in total. The van der Waals surface area contributed by atoms with E-state index in [9.17, 15) is 0 Å². The summed E-state index contributed by atoms with van der Waals surface area (Å²) in [7, 11) is 1.91. The summed E-state index contributed by atoms with van der Waals surface area (Å²) in [6, 6.07) is 3.85. The first-order valence-corrected chi connectivity index (χ1v) is 5.85. The summed E-state index contributed by atoms with van der Waals surface area (Å²) in [4.78, 5) is 14.5. The molecule has 2 aromatic heterocycles. The van der Waals surface area contributed by atoms with Gasteiger partial charge in [0, 0.05) is 50.6 Å². The molecule has 94 valence electrons. The third kappa shape index (κ3) is 3.01. The lowest BCUT2D eigenvalue weighted by molar-refractivity contribution is 0.290. The topological polar surface area (TPSA) is 62.1 Å². The maximum absolute atomic E-state index is 8.78. The van der Waals surface area contributed by atoms with Gasteiger partial charge in [-0.3, -0.25) is 4.98 Å². The number of hydrogen-bond acceptors (Lipinski definition) is 5. The lowest BCUT2D eigenvalue weighted by Crippen LogP contribution is -2.21. The van der Waals surface area contributed by atoms with E-state index >= 15 is 0 Å².